The number of amides is 6. The number of rotatable bonds is 13. The second kappa shape index (κ2) is 21.4. The van der Waals surface area contributed by atoms with Crippen LogP contribution >= 0.6 is 48.3 Å². The van der Waals surface area contributed by atoms with Gasteiger partial charge >= 0.3 is 0 Å². The number of hydrogen-bond donors (Lipinski definition) is 6. The maximum atomic E-state index is 14.4. The molecule has 6 N–H and O–H groups in total. The SMILES string of the molecule is CNC(C)C(=O)N[C@H]1CCS[C@H]2CC(C)(C)[C@@H](C(=O)Nc3ccccc3CCc3ccccc3NC(=O)[C@H]3N4C(=O)[C@@H](NC(=O)C(C)NC)CCS[C@H]4CC3(C)C)N2C1=O.Cl.Cl. The summed E-state index contributed by atoms with van der Waals surface area (Å²) >= 11 is 3.31. The van der Waals surface area contributed by atoms with Crippen molar-refractivity contribution in [2.24, 2.45) is 10.8 Å². The number of nitrogens with zero attached hydrogens (tertiary/aromatic N) is 2. The quantitative estimate of drug-likeness (QED) is 0.167. The summed E-state index contributed by atoms with van der Waals surface area (Å²) in [5.41, 5.74) is 2.06. The predicted molar refractivity (Wildman–Crippen MR) is 253 cm³/mol. The number of para-hydroxylation sites is 2. The molecule has 62 heavy (non-hydrogen) atoms. The predicted octanol–water partition coefficient (Wildman–Crippen LogP) is 4.56. The average Bonchev–Trinajstić information content (AvgIpc) is 3.53. The Morgan fingerprint density at radius 1 is 0.645 bits per heavy atom. The topological polar surface area (TPSA) is 181 Å². The highest BCUT2D eigenvalue weighted by molar-refractivity contribution is 8.00. The molecule has 342 valence electrons. The summed E-state index contributed by atoms with van der Waals surface area (Å²) in [6.07, 6.45) is 3.36. The van der Waals surface area contributed by atoms with Crippen LogP contribution in [0.1, 0.15) is 78.4 Å². The van der Waals surface area contributed by atoms with E-state index in [1.165, 1.54) is 0 Å². The summed E-state index contributed by atoms with van der Waals surface area (Å²) < 4.78 is 0. The van der Waals surface area contributed by atoms with Crippen molar-refractivity contribution in [1.82, 2.24) is 31.1 Å². The lowest BCUT2D eigenvalue weighted by Crippen LogP contribution is -2.57. The third-order valence-electron chi connectivity index (χ3n) is 12.6. The summed E-state index contributed by atoms with van der Waals surface area (Å²) in [7, 11) is 3.39. The van der Waals surface area contributed by atoms with E-state index in [0.717, 1.165) is 11.1 Å². The number of carbonyl (C=O) groups is 6. The zero-order valence-corrected chi connectivity index (χ0v) is 40.1. The van der Waals surface area contributed by atoms with Crippen LogP contribution < -0.4 is 31.9 Å². The lowest BCUT2D eigenvalue weighted by molar-refractivity contribution is -0.142. The normalized spacial score (nSPS) is 25.9. The van der Waals surface area contributed by atoms with E-state index in [9.17, 15) is 28.8 Å². The molecule has 0 radical (unpaired) electrons. The Labute approximate surface area is 386 Å². The minimum atomic E-state index is -0.747. The van der Waals surface area contributed by atoms with Gasteiger partial charge in [-0.15, -0.1) is 48.3 Å². The lowest BCUT2D eigenvalue weighted by atomic mass is 9.84. The van der Waals surface area contributed by atoms with Gasteiger partial charge in [-0.1, -0.05) is 64.1 Å². The molecule has 0 saturated carbocycles. The number of benzene rings is 2. The van der Waals surface area contributed by atoms with Gasteiger partial charge in [-0.05, 0) is 112 Å². The Bertz CT molecular complexity index is 1840. The Morgan fingerprint density at radius 3 is 1.35 bits per heavy atom. The van der Waals surface area contributed by atoms with E-state index < -0.39 is 47.1 Å². The molecule has 8 atom stereocenters. The van der Waals surface area contributed by atoms with E-state index >= 15 is 0 Å². The number of aryl methyl sites for hydroxylation is 2. The van der Waals surface area contributed by atoms with Crippen molar-refractivity contribution in [3.8, 4) is 0 Å². The largest absolute Gasteiger partial charge is 0.343 e. The first-order valence-corrected chi connectivity index (χ1v) is 23.2. The van der Waals surface area contributed by atoms with Gasteiger partial charge in [-0.3, -0.25) is 28.8 Å². The molecule has 18 heteroatoms. The average molecular weight is 936 g/mol. The van der Waals surface area contributed by atoms with Gasteiger partial charge in [-0.25, -0.2) is 0 Å². The van der Waals surface area contributed by atoms with Gasteiger partial charge in [0.25, 0.3) is 0 Å². The van der Waals surface area contributed by atoms with Gasteiger partial charge in [0.2, 0.25) is 35.4 Å². The van der Waals surface area contributed by atoms with Crippen molar-refractivity contribution in [2.45, 2.75) is 127 Å². The smallest absolute Gasteiger partial charge is 0.247 e. The minimum absolute atomic E-state index is 0. The van der Waals surface area contributed by atoms with Crippen molar-refractivity contribution in [3.63, 3.8) is 0 Å². The van der Waals surface area contributed by atoms with Gasteiger partial charge in [-0.2, -0.15) is 0 Å². The Balaban J connectivity index is 0.00000422. The van der Waals surface area contributed by atoms with E-state index in [2.05, 4.69) is 31.9 Å². The van der Waals surface area contributed by atoms with Crippen LogP contribution in [-0.4, -0.2) is 118 Å². The first-order valence-electron chi connectivity index (χ1n) is 21.1. The van der Waals surface area contributed by atoms with E-state index in [-0.39, 0.29) is 71.0 Å². The van der Waals surface area contributed by atoms with Crippen LogP contribution in [0.4, 0.5) is 11.4 Å². The van der Waals surface area contributed by atoms with Crippen LogP contribution in [0.3, 0.4) is 0 Å². The molecule has 0 aliphatic carbocycles. The molecule has 0 spiro atoms. The van der Waals surface area contributed by atoms with Crippen molar-refractivity contribution >= 4 is 95.2 Å². The minimum Gasteiger partial charge on any atom is -0.343 e. The molecule has 4 fully saturated rings. The first kappa shape index (κ1) is 51.1. The third kappa shape index (κ3) is 11.0. The molecule has 2 aromatic rings. The maximum absolute atomic E-state index is 14.4. The standard InChI is InChI=1S/C44H62N8O6S2.2ClH/c1-25(45-7)37(53)49-31-19-21-59-33-23-43(3,4)35(51(33)41(31)57)39(55)47-29-15-11-9-13-27(29)17-18-28-14-10-12-16-30(28)48-40(56)36-44(5,6)24-34-52(36)42(58)32(20-22-60-34)50-38(54)26(2)46-8;;/h9-16,25-26,31-36,45-46H,17-24H2,1-8H3,(H,47,55)(H,48,56)(H,49,53)(H,50,54);2*1H/t25?,26?,31-,32-,33-,34-,35+,36+;;/m0../s1. The number of nitrogens with one attached hydrogen (secondary N) is 6. The third-order valence-corrected chi connectivity index (χ3v) is 15.1. The van der Waals surface area contributed by atoms with Gasteiger partial charge < -0.3 is 41.7 Å². The van der Waals surface area contributed by atoms with Gasteiger partial charge in [0.1, 0.15) is 24.2 Å². The fourth-order valence-electron chi connectivity index (χ4n) is 8.95. The number of fused-ring (bicyclic) bond motifs is 2. The molecular formula is C44H64Cl2N8O6S2. The summed E-state index contributed by atoms with van der Waals surface area (Å²) in [5, 5.41) is 17.7. The van der Waals surface area contributed by atoms with Crippen LogP contribution in [0.2, 0.25) is 0 Å². The molecule has 4 aliphatic rings. The summed E-state index contributed by atoms with van der Waals surface area (Å²) in [4.78, 5) is 85.9. The van der Waals surface area contributed by atoms with Crippen molar-refractivity contribution in [1.29, 1.82) is 0 Å². The zero-order chi connectivity index (χ0) is 43.5. The fraction of sp³-hybridized carbons (Fsp3) is 0.591. The molecule has 4 saturated heterocycles. The Hall–Kier alpha value is -3.54. The van der Waals surface area contributed by atoms with Crippen LogP contribution in [0, 0.1) is 10.8 Å². The fourth-order valence-corrected chi connectivity index (χ4v) is 12.1. The molecule has 4 heterocycles. The van der Waals surface area contributed by atoms with Crippen molar-refractivity contribution < 1.29 is 28.8 Å². The van der Waals surface area contributed by atoms with Gasteiger partial charge in [0, 0.05) is 11.4 Å². The van der Waals surface area contributed by atoms with Crippen LogP contribution in [0.25, 0.3) is 0 Å². The van der Waals surface area contributed by atoms with Crippen molar-refractivity contribution in [2.75, 3.05) is 36.2 Å². The maximum Gasteiger partial charge on any atom is 0.247 e. The lowest BCUT2D eigenvalue weighted by Gasteiger charge is -2.34. The molecule has 0 bridgehead atoms. The van der Waals surface area contributed by atoms with Crippen LogP contribution in [-0.2, 0) is 41.6 Å². The Morgan fingerprint density at radius 2 is 1.00 bits per heavy atom. The van der Waals surface area contributed by atoms with E-state index in [1.54, 1.807) is 61.3 Å². The zero-order valence-electron chi connectivity index (χ0n) is 36.9. The van der Waals surface area contributed by atoms with Gasteiger partial charge in [0.05, 0.1) is 22.8 Å². The number of hydrogen-bond acceptors (Lipinski definition) is 10. The molecule has 14 nitrogen and oxygen atoms in total. The molecule has 2 unspecified atom stereocenters. The summed E-state index contributed by atoms with van der Waals surface area (Å²) in [6, 6.07) is 11.4. The summed E-state index contributed by atoms with van der Waals surface area (Å²) in [5.74, 6) is -0.161. The van der Waals surface area contributed by atoms with Crippen molar-refractivity contribution in [3.05, 3.63) is 59.7 Å². The molecule has 6 rings (SSSR count). The van der Waals surface area contributed by atoms with Gasteiger partial charge in [0.15, 0.2) is 0 Å². The highest BCUT2D eigenvalue weighted by Gasteiger charge is 2.56. The first-order chi connectivity index (χ1) is 28.5. The second-order valence-electron chi connectivity index (χ2n) is 17.8. The molecule has 2 aromatic carbocycles. The number of thioether (sulfide) groups is 2. The number of anilines is 2. The molecular weight excluding hydrogens is 872 g/mol. The van der Waals surface area contributed by atoms with E-state index in [1.807, 2.05) is 76.2 Å². The number of carbonyl (C=O) groups excluding carboxylic acids is 6. The second-order valence-corrected chi connectivity index (χ2v) is 20.4. The van der Waals surface area contributed by atoms with E-state index in [0.29, 0.717) is 61.4 Å². The van der Waals surface area contributed by atoms with Crippen LogP contribution in [0.15, 0.2) is 48.5 Å². The molecule has 6 amide bonds. The summed E-state index contributed by atoms with van der Waals surface area (Å²) in [6.45, 7) is 11.6. The monoisotopic (exact) mass is 934 g/mol. The highest BCUT2D eigenvalue weighted by Crippen LogP contribution is 2.48. The number of likely N-dealkylation sites (N-methyl/N-ethyl adjacent to an activating group) is 2. The van der Waals surface area contributed by atoms with Crippen LogP contribution in [0.5, 0.6) is 0 Å². The number of halogens is 2. The van der Waals surface area contributed by atoms with E-state index in [4.69, 9.17) is 0 Å². The Kier molecular flexibility index (Phi) is 17.7. The molecule has 0 aromatic heterocycles. The molecule has 4 aliphatic heterocycles. The highest BCUT2D eigenvalue weighted by atomic mass is 35.5.